The summed E-state index contributed by atoms with van der Waals surface area (Å²) in [6, 6.07) is 16.2. The third-order valence-electron chi connectivity index (χ3n) is 8.78. The number of aromatic nitrogens is 2. The van der Waals surface area contributed by atoms with E-state index in [-0.39, 0.29) is 18.0 Å². The van der Waals surface area contributed by atoms with Gasteiger partial charge in [0.1, 0.15) is 6.07 Å². The van der Waals surface area contributed by atoms with Crippen LogP contribution >= 0.6 is 0 Å². The number of piperazine rings is 1. The van der Waals surface area contributed by atoms with Gasteiger partial charge in [0, 0.05) is 56.2 Å². The molecular weight excluding hydrogens is 512 g/mol. The molecule has 2 aliphatic heterocycles. The van der Waals surface area contributed by atoms with Gasteiger partial charge in [-0.15, -0.1) is 5.10 Å². The van der Waals surface area contributed by atoms with Crippen LogP contribution in [0.3, 0.4) is 0 Å². The Hall–Kier alpha value is -4.16. The Morgan fingerprint density at radius 1 is 1.07 bits per heavy atom. The fourth-order valence-electron chi connectivity index (χ4n) is 6.59. The van der Waals surface area contributed by atoms with Crippen molar-refractivity contribution in [3.63, 3.8) is 0 Å². The van der Waals surface area contributed by atoms with Crippen LogP contribution in [0.15, 0.2) is 48.7 Å². The second-order valence-electron chi connectivity index (χ2n) is 11.2. The maximum atomic E-state index is 14.2. The zero-order valence-electron chi connectivity index (χ0n) is 24.5. The first-order valence-electron chi connectivity index (χ1n) is 14.5. The van der Waals surface area contributed by atoms with E-state index in [9.17, 15) is 10.1 Å². The van der Waals surface area contributed by atoms with Gasteiger partial charge in [-0.1, -0.05) is 18.2 Å². The molecule has 2 fully saturated rings. The van der Waals surface area contributed by atoms with Gasteiger partial charge in [0.25, 0.3) is 5.91 Å². The summed E-state index contributed by atoms with van der Waals surface area (Å²) >= 11 is 0. The minimum atomic E-state index is -0.0830. The number of amides is 1. The predicted octanol–water partition coefficient (Wildman–Crippen LogP) is 4.03. The van der Waals surface area contributed by atoms with Crippen molar-refractivity contribution in [3.05, 3.63) is 76.5 Å². The number of hydrogen-bond acceptors (Lipinski definition) is 8. The van der Waals surface area contributed by atoms with Crippen molar-refractivity contribution < 1.29 is 4.79 Å². The molecule has 1 aromatic heterocycles. The number of piperidine rings is 1. The van der Waals surface area contributed by atoms with Crippen molar-refractivity contribution in [1.29, 1.82) is 5.26 Å². The number of nitrogens with one attached hydrogen (secondary N) is 1. The fourth-order valence-corrected chi connectivity index (χ4v) is 6.59. The van der Waals surface area contributed by atoms with Gasteiger partial charge in [0.05, 0.1) is 23.3 Å². The number of hydrogen-bond donors (Lipinski definition) is 2. The number of rotatable bonds is 6. The largest absolute Gasteiger partial charge is 0.382 e. The van der Waals surface area contributed by atoms with Crippen LogP contribution in [0.5, 0.6) is 0 Å². The maximum absolute atomic E-state index is 14.2. The number of anilines is 3. The molecule has 41 heavy (non-hydrogen) atoms. The Morgan fingerprint density at radius 2 is 1.83 bits per heavy atom. The standard InChI is InChI=1S/C32H40N8O/c1-21-18-22(2)31(36-26-11-14-38(15-12-26)27-9-6-5-8-25(27)19-33)23(3)30(21)32(41)39-16-17-40(28(20-34)24(39)4)29-10-7-13-35-37-29/h5-10,13,18,24,26,28,36H,11-12,14-17,20,34H2,1-4H3/t24-,28+/m0/s1. The highest BCUT2D eigenvalue weighted by Crippen LogP contribution is 2.32. The van der Waals surface area contributed by atoms with Crippen molar-refractivity contribution in [3.8, 4) is 6.07 Å². The quantitative estimate of drug-likeness (QED) is 0.471. The lowest BCUT2D eigenvalue weighted by molar-refractivity contribution is 0.0627. The van der Waals surface area contributed by atoms with Crippen molar-refractivity contribution >= 4 is 23.1 Å². The number of benzene rings is 2. The van der Waals surface area contributed by atoms with E-state index < -0.39 is 0 Å². The molecule has 2 aliphatic rings. The van der Waals surface area contributed by atoms with Crippen molar-refractivity contribution in [2.45, 2.75) is 58.7 Å². The molecule has 3 aromatic rings. The third-order valence-corrected chi connectivity index (χ3v) is 8.78. The number of nitriles is 1. The molecule has 0 unspecified atom stereocenters. The minimum absolute atomic E-state index is 0.0515. The number of nitrogens with zero attached hydrogens (tertiary/aromatic N) is 6. The number of nitrogens with two attached hydrogens (primary N) is 1. The number of carbonyl (C=O) groups is 1. The second-order valence-corrected chi connectivity index (χ2v) is 11.2. The van der Waals surface area contributed by atoms with E-state index in [4.69, 9.17) is 5.73 Å². The van der Waals surface area contributed by atoms with E-state index in [0.717, 1.165) is 70.9 Å². The van der Waals surface area contributed by atoms with E-state index in [2.05, 4.69) is 58.2 Å². The molecule has 1 amide bonds. The molecule has 0 spiro atoms. The lowest BCUT2D eigenvalue weighted by atomic mass is 9.93. The van der Waals surface area contributed by atoms with Crippen LogP contribution < -0.4 is 20.9 Å². The van der Waals surface area contributed by atoms with Gasteiger partial charge in [-0.3, -0.25) is 4.79 Å². The summed E-state index contributed by atoms with van der Waals surface area (Å²) < 4.78 is 0. The number of carbonyl (C=O) groups excluding carboxylic acids is 1. The van der Waals surface area contributed by atoms with Crippen LogP contribution in [0.4, 0.5) is 17.2 Å². The van der Waals surface area contributed by atoms with E-state index in [1.54, 1.807) is 6.20 Å². The summed E-state index contributed by atoms with van der Waals surface area (Å²) in [6.45, 7) is 11.7. The molecule has 0 aliphatic carbocycles. The minimum Gasteiger partial charge on any atom is -0.382 e. The topological polar surface area (TPSA) is 114 Å². The Balaban J connectivity index is 1.32. The lowest BCUT2D eigenvalue weighted by Crippen LogP contribution is -2.62. The molecule has 0 saturated carbocycles. The van der Waals surface area contributed by atoms with E-state index in [1.807, 2.05) is 48.2 Å². The van der Waals surface area contributed by atoms with Gasteiger partial charge < -0.3 is 25.8 Å². The van der Waals surface area contributed by atoms with Crippen LogP contribution in [-0.2, 0) is 0 Å². The van der Waals surface area contributed by atoms with Gasteiger partial charge >= 0.3 is 0 Å². The zero-order valence-corrected chi connectivity index (χ0v) is 24.5. The highest BCUT2D eigenvalue weighted by Gasteiger charge is 2.37. The summed E-state index contributed by atoms with van der Waals surface area (Å²) in [6.07, 6.45) is 3.57. The van der Waals surface area contributed by atoms with Crippen LogP contribution in [0.1, 0.15) is 52.4 Å². The normalized spacial score (nSPS) is 19.7. The van der Waals surface area contributed by atoms with Crippen molar-refractivity contribution in [2.24, 2.45) is 5.73 Å². The first-order valence-corrected chi connectivity index (χ1v) is 14.5. The zero-order chi connectivity index (χ0) is 29.1. The van der Waals surface area contributed by atoms with E-state index in [0.29, 0.717) is 25.7 Å². The van der Waals surface area contributed by atoms with E-state index in [1.165, 1.54) is 0 Å². The third kappa shape index (κ3) is 5.57. The maximum Gasteiger partial charge on any atom is 0.254 e. The predicted molar refractivity (Wildman–Crippen MR) is 163 cm³/mol. The molecule has 3 heterocycles. The lowest BCUT2D eigenvalue weighted by Gasteiger charge is -2.46. The molecule has 2 saturated heterocycles. The summed E-state index contributed by atoms with van der Waals surface area (Å²) in [4.78, 5) is 20.6. The van der Waals surface area contributed by atoms with Crippen LogP contribution in [0, 0.1) is 32.1 Å². The summed E-state index contributed by atoms with van der Waals surface area (Å²) in [7, 11) is 0. The fraction of sp³-hybridized carbons (Fsp3) is 0.438. The average Bonchev–Trinajstić information content (AvgIpc) is 2.99. The van der Waals surface area contributed by atoms with Gasteiger partial charge in [0.2, 0.25) is 0 Å². The van der Waals surface area contributed by atoms with Crippen LogP contribution in [-0.4, -0.2) is 71.9 Å². The first-order chi connectivity index (χ1) is 19.8. The van der Waals surface area contributed by atoms with Crippen molar-refractivity contribution in [2.75, 3.05) is 47.8 Å². The summed E-state index contributed by atoms with van der Waals surface area (Å²) in [5, 5.41) is 21.6. The van der Waals surface area contributed by atoms with Gasteiger partial charge in [0.15, 0.2) is 5.82 Å². The average molecular weight is 553 g/mol. The molecule has 3 N–H and O–H groups in total. The Kier molecular flexibility index (Phi) is 8.41. The molecular formula is C32H40N8O. The Labute approximate surface area is 243 Å². The molecule has 2 aromatic carbocycles. The first kappa shape index (κ1) is 28.4. The molecule has 0 radical (unpaired) electrons. The molecule has 5 rings (SSSR count). The van der Waals surface area contributed by atoms with E-state index >= 15 is 0 Å². The number of aryl methyl sites for hydroxylation is 2. The SMILES string of the molecule is Cc1cc(C)c(C(=O)N2CCN(c3cccnn3)[C@H](CN)[C@@H]2C)c(C)c1NC1CCN(c2ccccc2C#N)CC1. The van der Waals surface area contributed by atoms with Gasteiger partial charge in [-0.05, 0) is 81.5 Å². The monoisotopic (exact) mass is 552 g/mol. The summed E-state index contributed by atoms with van der Waals surface area (Å²) in [5.74, 6) is 0.842. The second kappa shape index (κ2) is 12.1. The number of para-hydroxylation sites is 1. The molecule has 2 atom stereocenters. The Morgan fingerprint density at radius 3 is 2.51 bits per heavy atom. The molecule has 214 valence electrons. The van der Waals surface area contributed by atoms with Crippen LogP contribution in [0.2, 0.25) is 0 Å². The molecule has 0 bridgehead atoms. The molecule has 9 heteroatoms. The molecule has 9 nitrogen and oxygen atoms in total. The van der Waals surface area contributed by atoms with Crippen LogP contribution in [0.25, 0.3) is 0 Å². The highest BCUT2D eigenvalue weighted by atomic mass is 16.2. The van der Waals surface area contributed by atoms with Crippen molar-refractivity contribution in [1.82, 2.24) is 15.1 Å². The van der Waals surface area contributed by atoms with Gasteiger partial charge in [-0.25, -0.2) is 0 Å². The van der Waals surface area contributed by atoms with Gasteiger partial charge in [-0.2, -0.15) is 10.4 Å². The highest BCUT2D eigenvalue weighted by molar-refractivity contribution is 5.99. The smallest absolute Gasteiger partial charge is 0.254 e. The summed E-state index contributed by atoms with van der Waals surface area (Å²) in [5.41, 5.74) is 12.9. The Bertz CT molecular complexity index is 1430.